The van der Waals surface area contributed by atoms with Crippen molar-refractivity contribution in [3.8, 4) is 5.75 Å². The van der Waals surface area contributed by atoms with Crippen molar-refractivity contribution in [2.24, 2.45) is 0 Å². The van der Waals surface area contributed by atoms with Crippen LogP contribution in [0, 0.1) is 0 Å². The number of para-hydroxylation sites is 1. The van der Waals surface area contributed by atoms with Crippen molar-refractivity contribution < 1.29 is 14.3 Å². The Hall–Kier alpha value is -2.82. The molecule has 0 bridgehead atoms. The number of hydrogen-bond acceptors (Lipinski definition) is 3. The lowest BCUT2D eigenvalue weighted by molar-refractivity contribution is -0.139. The second-order valence-corrected chi connectivity index (χ2v) is 9.30. The molecule has 1 atom stereocenters. The summed E-state index contributed by atoms with van der Waals surface area (Å²) in [4.78, 5) is 27.4. The van der Waals surface area contributed by atoms with Gasteiger partial charge in [-0.05, 0) is 60.9 Å². The monoisotopic (exact) mass is 436 g/mol. The largest absolute Gasteiger partial charge is 0.481 e. The molecule has 0 aromatic heterocycles. The zero-order valence-corrected chi connectivity index (χ0v) is 19.9. The van der Waals surface area contributed by atoms with Crippen LogP contribution in [0.2, 0.25) is 0 Å². The molecule has 5 nitrogen and oxygen atoms in total. The van der Waals surface area contributed by atoms with Gasteiger partial charge < -0.3 is 15.0 Å². The third-order valence-electron chi connectivity index (χ3n) is 6.17. The molecule has 5 heteroatoms. The normalized spacial score (nSPS) is 15.7. The van der Waals surface area contributed by atoms with Crippen LogP contribution in [0.25, 0.3) is 0 Å². The number of rotatable bonds is 7. The van der Waals surface area contributed by atoms with Crippen molar-refractivity contribution >= 4 is 11.8 Å². The van der Waals surface area contributed by atoms with Gasteiger partial charge >= 0.3 is 0 Å². The summed E-state index contributed by atoms with van der Waals surface area (Å²) in [5, 5.41) is 3.12. The minimum Gasteiger partial charge on any atom is -0.481 e. The number of benzene rings is 2. The quantitative estimate of drug-likeness (QED) is 0.655. The van der Waals surface area contributed by atoms with E-state index in [-0.39, 0.29) is 17.9 Å². The van der Waals surface area contributed by atoms with E-state index in [2.05, 4.69) is 33.0 Å². The molecular weight excluding hydrogens is 400 g/mol. The minimum absolute atomic E-state index is 0.00221. The second kappa shape index (κ2) is 10.7. The van der Waals surface area contributed by atoms with Gasteiger partial charge in [0, 0.05) is 24.7 Å². The molecule has 1 saturated heterocycles. The van der Waals surface area contributed by atoms with E-state index in [1.165, 1.54) is 5.56 Å². The van der Waals surface area contributed by atoms with Crippen LogP contribution in [-0.2, 0) is 4.79 Å². The smallest absolute Gasteiger partial charge is 0.263 e. The first-order valence-corrected chi connectivity index (χ1v) is 11.7. The molecule has 172 valence electrons. The van der Waals surface area contributed by atoms with Crippen molar-refractivity contribution in [1.29, 1.82) is 0 Å². The Balaban J connectivity index is 1.50. The van der Waals surface area contributed by atoms with Crippen molar-refractivity contribution in [3.63, 3.8) is 0 Å². The zero-order chi connectivity index (χ0) is 23.3. The molecule has 1 aliphatic rings. The summed E-state index contributed by atoms with van der Waals surface area (Å²) in [6.45, 7) is 11.6. The van der Waals surface area contributed by atoms with Crippen LogP contribution in [0.4, 0.5) is 0 Å². The molecule has 0 saturated carbocycles. The highest BCUT2D eigenvalue weighted by atomic mass is 16.5. The Morgan fingerprint density at radius 2 is 1.53 bits per heavy atom. The zero-order valence-electron chi connectivity index (χ0n) is 19.9. The standard InChI is InChI=1S/C27H36N2O3/c1-18(2)21-10-12-22(13-11-21)26(30)28-23-14-16-29(17-15-23)27(31)20(5)32-25-9-7-6-8-24(25)19(3)4/h6-13,18-20,23H,14-17H2,1-5H3,(H,28,30). The van der Waals surface area contributed by atoms with E-state index in [4.69, 9.17) is 4.74 Å². The number of piperidine rings is 1. The maximum atomic E-state index is 12.9. The van der Waals surface area contributed by atoms with E-state index in [1.807, 2.05) is 60.4 Å². The van der Waals surface area contributed by atoms with Crippen LogP contribution in [0.5, 0.6) is 5.75 Å². The molecule has 1 N–H and O–H groups in total. The lowest BCUT2D eigenvalue weighted by Gasteiger charge is -2.34. The van der Waals surface area contributed by atoms with Crippen LogP contribution in [0.15, 0.2) is 48.5 Å². The van der Waals surface area contributed by atoms with E-state index >= 15 is 0 Å². The van der Waals surface area contributed by atoms with Crippen molar-refractivity contribution in [2.75, 3.05) is 13.1 Å². The molecule has 1 aliphatic heterocycles. The molecule has 2 amide bonds. The summed E-state index contributed by atoms with van der Waals surface area (Å²) in [6, 6.07) is 15.8. The Labute approximate surface area is 192 Å². The van der Waals surface area contributed by atoms with E-state index in [1.54, 1.807) is 0 Å². The van der Waals surface area contributed by atoms with Crippen LogP contribution < -0.4 is 10.1 Å². The van der Waals surface area contributed by atoms with Gasteiger partial charge in [0.2, 0.25) is 0 Å². The molecule has 1 unspecified atom stereocenters. The SMILES string of the molecule is CC(Oc1ccccc1C(C)C)C(=O)N1CCC(NC(=O)c2ccc(C(C)C)cc2)CC1. The highest BCUT2D eigenvalue weighted by Gasteiger charge is 2.28. The Kier molecular flexibility index (Phi) is 7.94. The number of hydrogen-bond donors (Lipinski definition) is 1. The van der Waals surface area contributed by atoms with Gasteiger partial charge in [0.25, 0.3) is 11.8 Å². The fourth-order valence-electron chi connectivity index (χ4n) is 4.10. The Bertz CT molecular complexity index is 913. The average Bonchev–Trinajstić information content (AvgIpc) is 2.79. The van der Waals surface area contributed by atoms with Gasteiger partial charge in [0.1, 0.15) is 5.75 Å². The molecule has 2 aromatic rings. The van der Waals surface area contributed by atoms with Gasteiger partial charge in [0.15, 0.2) is 6.10 Å². The summed E-state index contributed by atoms with van der Waals surface area (Å²) in [6.07, 6.45) is 0.953. The van der Waals surface area contributed by atoms with Crippen molar-refractivity contribution in [1.82, 2.24) is 10.2 Å². The average molecular weight is 437 g/mol. The fraction of sp³-hybridized carbons (Fsp3) is 0.481. The van der Waals surface area contributed by atoms with E-state index in [0.29, 0.717) is 30.5 Å². The van der Waals surface area contributed by atoms with Crippen molar-refractivity contribution in [3.05, 3.63) is 65.2 Å². The molecule has 0 spiro atoms. The van der Waals surface area contributed by atoms with E-state index < -0.39 is 6.10 Å². The summed E-state index contributed by atoms with van der Waals surface area (Å²) in [7, 11) is 0. The van der Waals surface area contributed by atoms with Crippen LogP contribution in [0.3, 0.4) is 0 Å². The summed E-state index contributed by atoms with van der Waals surface area (Å²) < 4.78 is 6.04. The second-order valence-electron chi connectivity index (χ2n) is 9.30. The summed E-state index contributed by atoms with van der Waals surface area (Å²) in [5.74, 6) is 1.49. The van der Waals surface area contributed by atoms with E-state index in [0.717, 1.165) is 24.2 Å². The number of nitrogens with zero attached hydrogens (tertiary/aromatic N) is 1. The molecule has 1 heterocycles. The highest BCUT2D eigenvalue weighted by molar-refractivity contribution is 5.94. The third-order valence-corrected chi connectivity index (χ3v) is 6.17. The number of ether oxygens (including phenoxy) is 1. The predicted octanol–water partition coefficient (Wildman–Crippen LogP) is 5.12. The van der Waals surface area contributed by atoms with Crippen LogP contribution >= 0.6 is 0 Å². The van der Waals surface area contributed by atoms with Crippen LogP contribution in [-0.4, -0.2) is 41.9 Å². The molecule has 3 rings (SSSR count). The third kappa shape index (κ3) is 5.90. The Morgan fingerprint density at radius 3 is 2.12 bits per heavy atom. The summed E-state index contributed by atoms with van der Waals surface area (Å²) >= 11 is 0. The van der Waals surface area contributed by atoms with Gasteiger partial charge in [-0.3, -0.25) is 9.59 Å². The first kappa shape index (κ1) is 23.8. The maximum absolute atomic E-state index is 12.9. The highest BCUT2D eigenvalue weighted by Crippen LogP contribution is 2.27. The minimum atomic E-state index is -0.541. The molecule has 0 radical (unpaired) electrons. The van der Waals surface area contributed by atoms with Gasteiger partial charge in [-0.1, -0.05) is 58.0 Å². The molecule has 32 heavy (non-hydrogen) atoms. The van der Waals surface area contributed by atoms with Gasteiger partial charge in [-0.25, -0.2) is 0 Å². The topological polar surface area (TPSA) is 58.6 Å². The first-order chi connectivity index (χ1) is 15.3. The number of nitrogens with one attached hydrogen (secondary N) is 1. The van der Waals surface area contributed by atoms with Gasteiger partial charge in [-0.2, -0.15) is 0 Å². The first-order valence-electron chi connectivity index (χ1n) is 11.7. The van der Waals surface area contributed by atoms with Crippen LogP contribution in [0.1, 0.15) is 80.8 Å². The molecule has 1 fully saturated rings. The number of amides is 2. The number of likely N-dealkylation sites (tertiary alicyclic amines) is 1. The Morgan fingerprint density at radius 1 is 0.906 bits per heavy atom. The van der Waals surface area contributed by atoms with E-state index in [9.17, 15) is 9.59 Å². The predicted molar refractivity (Wildman–Crippen MR) is 128 cm³/mol. The molecule has 2 aromatic carbocycles. The van der Waals surface area contributed by atoms with Crippen molar-refractivity contribution in [2.45, 2.75) is 71.4 Å². The lowest BCUT2D eigenvalue weighted by Crippen LogP contribution is -2.49. The lowest BCUT2D eigenvalue weighted by atomic mass is 10.0. The van der Waals surface area contributed by atoms with Gasteiger partial charge in [0.05, 0.1) is 0 Å². The fourth-order valence-corrected chi connectivity index (χ4v) is 4.10. The summed E-state index contributed by atoms with van der Waals surface area (Å²) in [5.41, 5.74) is 3.01. The molecular formula is C27H36N2O3. The number of carbonyl (C=O) groups is 2. The van der Waals surface area contributed by atoms with Gasteiger partial charge in [-0.15, -0.1) is 0 Å². The maximum Gasteiger partial charge on any atom is 0.263 e. The number of carbonyl (C=O) groups excluding carboxylic acids is 2. The molecule has 0 aliphatic carbocycles.